The third kappa shape index (κ3) is 5.88. The molecule has 154 valence electrons. The van der Waals surface area contributed by atoms with Crippen molar-refractivity contribution >= 4 is 48.2 Å². The van der Waals surface area contributed by atoms with Gasteiger partial charge < -0.3 is 11.1 Å². The lowest BCUT2D eigenvalue weighted by Crippen LogP contribution is -2.45. The van der Waals surface area contributed by atoms with Crippen LogP contribution >= 0.6 is 36.6 Å². The summed E-state index contributed by atoms with van der Waals surface area (Å²) in [6.07, 6.45) is 0. The minimum atomic E-state index is -1.08. The molecular weight excluding hydrogens is 413 g/mol. The van der Waals surface area contributed by atoms with Crippen molar-refractivity contribution in [2.45, 2.75) is 25.9 Å². The number of hydrogen-bond acceptors (Lipinski definition) is 4. The number of halogens is 2. The first-order valence-corrected chi connectivity index (χ1v) is 10.2. The first-order chi connectivity index (χ1) is 12.5. The Labute approximate surface area is 184 Å². The maximum atomic E-state index is 12.8. The van der Waals surface area contributed by atoms with Crippen molar-refractivity contribution in [2.75, 3.05) is 29.9 Å². The molecule has 2 aromatic rings. The standard InChI is InChI=1S/C21H27N3OS.2ClH/c1-16-17(15-24-11-13-26-14-12-24)7-6-10-19(16)23-20(25)21(2,22)18-8-4-3-5-9-18;;/h3-10H,11-15,22H2,1-2H3,(H,23,25);2*1H. The second-order valence-corrected chi connectivity index (χ2v) is 8.23. The quantitative estimate of drug-likeness (QED) is 0.729. The molecule has 1 aliphatic rings. The number of rotatable bonds is 5. The molecule has 0 radical (unpaired) electrons. The number of carbonyl (C=O) groups is 1. The average Bonchev–Trinajstić information content (AvgIpc) is 2.66. The van der Waals surface area contributed by atoms with E-state index in [0.717, 1.165) is 36.4 Å². The van der Waals surface area contributed by atoms with E-state index in [2.05, 4.69) is 23.2 Å². The SMILES string of the molecule is Cc1c(CN2CCSCC2)cccc1NC(=O)C(C)(N)c1ccccc1.Cl.Cl. The van der Waals surface area contributed by atoms with Crippen LogP contribution in [0.2, 0.25) is 0 Å². The largest absolute Gasteiger partial charge is 0.324 e. The number of amides is 1. The molecule has 28 heavy (non-hydrogen) atoms. The van der Waals surface area contributed by atoms with Crippen LogP contribution in [0.1, 0.15) is 23.6 Å². The highest BCUT2D eigenvalue weighted by atomic mass is 35.5. The molecule has 0 saturated carbocycles. The lowest BCUT2D eigenvalue weighted by molar-refractivity contribution is -0.120. The number of nitrogens with zero attached hydrogens (tertiary/aromatic N) is 1. The number of hydrogen-bond donors (Lipinski definition) is 2. The lowest BCUT2D eigenvalue weighted by Gasteiger charge is -2.28. The van der Waals surface area contributed by atoms with Crippen molar-refractivity contribution < 1.29 is 4.79 Å². The Kier molecular flexibility index (Phi) is 9.81. The zero-order valence-electron chi connectivity index (χ0n) is 16.3. The molecule has 1 fully saturated rings. The van der Waals surface area contributed by atoms with E-state index >= 15 is 0 Å². The van der Waals surface area contributed by atoms with Crippen molar-refractivity contribution in [1.29, 1.82) is 0 Å². The third-order valence-corrected chi connectivity index (χ3v) is 5.98. The van der Waals surface area contributed by atoms with Gasteiger partial charge in [0.25, 0.3) is 0 Å². The van der Waals surface area contributed by atoms with Crippen LogP contribution in [0.3, 0.4) is 0 Å². The number of nitrogens with two attached hydrogens (primary N) is 1. The Morgan fingerprint density at radius 1 is 1.11 bits per heavy atom. The highest BCUT2D eigenvalue weighted by Crippen LogP contribution is 2.25. The zero-order chi connectivity index (χ0) is 18.6. The smallest absolute Gasteiger partial charge is 0.248 e. The van der Waals surface area contributed by atoms with Gasteiger partial charge in [-0.1, -0.05) is 42.5 Å². The van der Waals surface area contributed by atoms with E-state index in [4.69, 9.17) is 5.73 Å². The second-order valence-electron chi connectivity index (χ2n) is 7.00. The Balaban J connectivity index is 0.00000196. The lowest BCUT2D eigenvalue weighted by atomic mass is 9.92. The van der Waals surface area contributed by atoms with Crippen molar-refractivity contribution in [3.05, 3.63) is 65.2 Å². The zero-order valence-corrected chi connectivity index (χ0v) is 18.8. The van der Waals surface area contributed by atoms with Gasteiger partial charge in [-0.3, -0.25) is 9.69 Å². The maximum Gasteiger partial charge on any atom is 0.248 e. The molecule has 1 amide bonds. The highest BCUT2D eigenvalue weighted by Gasteiger charge is 2.30. The molecule has 1 saturated heterocycles. The number of benzene rings is 2. The molecule has 1 heterocycles. The molecule has 3 rings (SSSR count). The molecule has 1 atom stereocenters. The summed E-state index contributed by atoms with van der Waals surface area (Å²) in [5.74, 6) is 2.19. The van der Waals surface area contributed by atoms with Crippen LogP contribution in [0.15, 0.2) is 48.5 Å². The molecule has 0 aromatic heterocycles. The van der Waals surface area contributed by atoms with Crippen molar-refractivity contribution in [1.82, 2.24) is 4.90 Å². The topological polar surface area (TPSA) is 58.4 Å². The van der Waals surface area contributed by atoms with Gasteiger partial charge in [-0.25, -0.2) is 0 Å². The molecule has 1 aliphatic heterocycles. The van der Waals surface area contributed by atoms with Crippen LogP contribution in [0.4, 0.5) is 5.69 Å². The number of carbonyl (C=O) groups excluding carboxylic acids is 1. The van der Waals surface area contributed by atoms with Gasteiger partial charge in [0, 0.05) is 36.8 Å². The minimum absolute atomic E-state index is 0. The van der Waals surface area contributed by atoms with Gasteiger partial charge in [-0.05, 0) is 36.6 Å². The molecule has 0 bridgehead atoms. The monoisotopic (exact) mass is 441 g/mol. The van der Waals surface area contributed by atoms with E-state index in [-0.39, 0.29) is 30.7 Å². The summed E-state index contributed by atoms with van der Waals surface area (Å²) >= 11 is 2.01. The minimum Gasteiger partial charge on any atom is -0.324 e. The van der Waals surface area contributed by atoms with Crippen LogP contribution in [0.25, 0.3) is 0 Å². The van der Waals surface area contributed by atoms with E-state index in [0.29, 0.717) is 0 Å². The molecule has 1 unspecified atom stereocenters. The summed E-state index contributed by atoms with van der Waals surface area (Å²) in [5, 5.41) is 3.04. The van der Waals surface area contributed by atoms with Crippen LogP contribution in [-0.2, 0) is 16.9 Å². The molecule has 2 aromatic carbocycles. The molecule has 7 heteroatoms. The average molecular weight is 442 g/mol. The fourth-order valence-electron chi connectivity index (χ4n) is 3.16. The predicted molar refractivity (Wildman–Crippen MR) is 125 cm³/mol. The van der Waals surface area contributed by atoms with Gasteiger partial charge in [0.15, 0.2) is 0 Å². The van der Waals surface area contributed by atoms with E-state index < -0.39 is 5.54 Å². The van der Waals surface area contributed by atoms with E-state index in [1.54, 1.807) is 6.92 Å². The summed E-state index contributed by atoms with van der Waals surface area (Å²) in [5.41, 5.74) is 9.28. The number of anilines is 1. The van der Waals surface area contributed by atoms with Gasteiger partial charge in [-0.15, -0.1) is 24.8 Å². The van der Waals surface area contributed by atoms with Crippen molar-refractivity contribution in [3.63, 3.8) is 0 Å². The second kappa shape index (κ2) is 11.1. The fourth-order valence-corrected chi connectivity index (χ4v) is 4.14. The Bertz CT molecular complexity index is 766. The summed E-state index contributed by atoms with van der Waals surface area (Å²) in [6, 6.07) is 15.6. The Morgan fingerprint density at radius 3 is 2.39 bits per heavy atom. The predicted octanol–water partition coefficient (Wildman–Crippen LogP) is 4.20. The van der Waals surface area contributed by atoms with Crippen molar-refractivity contribution in [2.24, 2.45) is 5.73 Å². The van der Waals surface area contributed by atoms with Crippen LogP contribution in [0.5, 0.6) is 0 Å². The first kappa shape index (κ1) is 24.8. The van der Waals surface area contributed by atoms with Crippen molar-refractivity contribution in [3.8, 4) is 0 Å². The Morgan fingerprint density at radius 2 is 1.75 bits per heavy atom. The molecule has 0 aliphatic carbocycles. The number of nitrogens with one attached hydrogen (secondary N) is 1. The summed E-state index contributed by atoms with van der Waals surface area (Å²) in [7, 11) is 0. The summed E-state index contributed by atoms with van der Waals surface area (Å²) in [4.78, 5) is 15.3. The number of thioether (sulfide) groups is 1. The van der Waals surface area contributed by atoms with Crippen LogP contribution < -0.4 is 11.1 Å². The van der Waals surface area contributed by atoms with E-state index in [9.17, 15) is 4.79 Å². The van der Waals surface area contributed by atoms with Gasteiger partial charge in [0.05, 0.1) is 0 Å². The highest BCUT2D eigenvalue weighted by molar-refractivity contribution is 7.99. The van der Waals surface area contributed by atoms with Gasteiger partial charge in [0.2, 0.25) is 5.91 Å². The normalized spacial score (nSPS) is 16.2. The van der Waals surface area contributed by atoms with E-state index in [1.807, 2.05) is 54.2 Å². The molecule has 0 spiro atoms. The molecule has 3 N–H and O–H groups in total. The van der Waals surface area contributed by atoms with Crippen LogP contribution in [-0.4, -0.2) is 35.4 Å². The van der Waals surface area contributed by atoms with Gasteiger partial charge in [0.1, 0.15) is 5.54 Å². The Hall–Kier alpha value is -1.24. The molecular formula is C21H29Cl2N3OS. The first-order valence-electron chi connectivity index (χ1n) is 9.03. The third-order valence-electron chi connectivity index (χ3n) is 5.04. The van der Waals surface area contributed by atoms with Gasteiger partial charge in [-0.2, -0.15) is 11.8 Å². The maximum absolute atomic E-state index is 12.8. The van der Waals surface area contributed by atoms with E-state index in [1.165, 1.54) is 17.1 Å². The molecule has 4 nitrogen and oxygen atoms in total. The fraction of sp³-hybridized carbons (Fsp3) is 0.381. The van der Waals surface area contributed by atoms with Crippen LogP contribution in [0, 0.1) is 6.92 Å². The summed E-state index contributed by atoms with van der Waals surface area (Å²) in [6.45, 7) is 6.99. The summed E-state index contributed by atoms with van der Waals surface area (Å²) < 4.78 is 0. The van der Waals surface area contributed by atoms with Gasteiger partial charge >= 0.3 is 0 Å².